The van der Waals surface area contributed by atoms with Crippen molar-refractivity contribution in [3.05, 3.63) is 32.7 Å². The quantitative estimate of drug-likeness (QED) is 0.706. The second-order valence-electron chi connectivity index (χ2n) is 5.56. The second-order valence-corrected chi connectivity index (χ2v) is 5.56. The normalized spacial score (nSPS) is 13.4. The van der Waals surface area contributed by atoms with Crippen LogP contribution in [0.25, 0.3) is 16.9 Å². The van der Waals surface area contributed by atoms with Gasteiger partial charge in [0.15, 0.2) is 11.2 Å². The van der Waals surface area contributed by atoms with Crippen LogP contribution in [0.5, 0.6) is 0 Å². The molecule has 1 atom stereocenters. The standard InChI is InChI=1S/C14H19N5O2/c1-6-8(2)19-9(3)7-18-10-11(15-13(18)19)16(4)14(21)17(5)12(10)20/h7-8H,6H2,1-5H3. The van der Waals surface area contributed by atoms with Gasteiger partial charge < -0.3 is 4.57 Å². The lowest BCUT2D eigenvalue weighted by atomic mass is 10.2. The molecule has 21 heavy (non-hydrogen) atoms. The Morgan fingerprint density at radius 2 is 1.90 bits per heavy atom. The van der Waals surface area contributed by atoms with Crippen LogP contribution < -0.4 is 11.2 Å². The molecule has 7 nitrogen and oxygen atoms in total. The molecule has 0 spiro atoms. The van der Waals surface area contributed by atoms with Crippen LogP contribution in [0.15, 0.2) is 15.8 Å². The Morgan fingerprint density at radius 1 is 1.24 bits per heavy atom. The van der Waals surface area contributed by atoms with E-state index in [1.54, 1.807) is 11.4 Å². The molecule has 3 rings (SSSR count). The molecule has 0 aliphatic rings. The van der Waals surface area contributed by atoms with Crippen molar-refractivity contribution in [3.8, 4) is 0 Å². The Balaban J connectivity index is 2.57. The van der Waals surface area contributed by atoms with Crippen LogP contribution in [0.4, 0.5) is 0 Å². The van der Waals surface area contributed by atoms with E-state index in [4.69, 9.17) is 0 Å². The summed E-state index contributed by atoms with van der Waals surface area (Å²) < 4.78 is 6.43. The van der Waals surface area contributed by atoms with E-state index in [0.29, 0.717) is 16.9 Å². The van der Waals surface area contributed by atoms with Gasteiger partial charge in [-0.25, -0.2) is 4.79 Å². The van der Waals surface area contributed by atoms with Crippen molar-refractivity contribution in [1.29, 1.82) is 0 Å². The topological polar surface area (TPSA) is 66.2 Å². The van der Waals surface area contributed by atoms with Crippen LogP contribution in [0.1, 0.15) is 32.0 Å². The number of hydrogen-bond acceptors (Lipinski definition) is 3. The van der Waals surface area contributed by atoms with Gasteiger partial charge in [0, 0.05) is 32.0 Å². The maximum atomic E-state index is 12.4. The Labute approximate surface area is 121 Å². The number of aromatic nitrogens is 5. The van der Waals surface area contributed by atoms with Crippen LogP contribution in [0.3, 0.4) is 0 Å². The van der Waals surface area contributed by atoms with Gasteiger partial charge in [-0.3, -0.25) is 18.3 Å². The third-order valence-electron chi connectivity index (χ3n) is 4.22. The first-order valence-corrected chi connectivity index (χ1v) is 7.04. The first-order chi connectivity index (χ1) is 9.88. The van der Waals surface area contributed by atoms with Crippen LogP contribution >= 0.6 is 0 Å². The highest BCUT2D eigenvalue weighted by atomic mass is 16.2. The van der Waals surface area contributed by atoms with E-state index in [2.05, 4.69) is 23.4 Å². The van der Waals surface area contributed by atoms with Crippen molar-refractivity contribution in [2.45, 2.75) is 33.2 Å². The number of hydrogen-bond donors (Lipinski definition) is 0. The first-order valence-electron chi connectivity index (χ1n) is 7.04. The van der Waals surface area contributed by atoms with E-state index in [0.717, 1.165) is 16.7 Å². The maximum absolute atomic E-state index is 12.4. The average molecular weight is 289 g/mol. The van der Waals surface area contributed by atoms with E-state index in [1.165, 1.54) is 11.6 Å². The Bertz CT molecular complexity index is 969. The van der Waals surface area contributed by atoms with E-state index in [9.17, 15) is 9.59 Å². The van der Waals surface area contributed by atoms with Crippen LogP contribution in [-0.4, -0.2) is 23.1 Å². The molecular weight excluding hydrogens is 270 g/mol. The van der Waals surface area contributed by atoms with Gasteiger partial charge in [-0.1, -0.05) is 6.92 Å². The summed E-state index contributed by atoms with van der Waals surface area (Å²) in [6, 6.07) is 0.278. The monoisotopic (exact) mass is 289 g/mol. The van der Waals surface area contributed by atoms with Gasteiger partial charge in [-0.15, -0.1) is 0 Å². The fourth-order valence-electron chi connectivity index (χ4n) is 2.83. The fraction of sp³-hybridized carbons (Fsp3) is 0.500. The maximum Gasteiger partial charge on any atom is 0.332 e. The lowest BCUT2D eigenvalue weighted by molar-refractivity contribution is 0.532. The number of imidazole rings is 2. The minimum atomic E-state index is -0.361. The van der Waals surface area contributed by atoms with Gasteiger partial charge in [-0.2, -0.15) is 4.98 Å². The van der Waals surface area contributed by atoms with E-state index < -0.39 is 0 Å². The number of fused-ring (bicyclic) bond motifs is 3. The number of aryl methyl sites for hydroxylation is 2. The van der Waals surface area contributed by atoms with Gasteiger partial charge in [-0.05, 0) is 20.3 Å². The summed E-state index contributed by atoms with van der Waals surface area (Å²) >= 11 is 0. The Hall–Kier alpha value is -2.31. The SMILES string of the molecule is CCC(C)n1c(C)cn2c3c(=O)n(C)c(=O)n(C)c3nc12. The number of nitrogens with zero attached hydrogens (tertiary/aromatic N) is 5. The first kappa shape index (κ1) is 13.7. The zero-order chi connectivity index (χ0) is 15.5. The molecule has 0 saturated carbocycles. The molecule has 0 N–H and O–H groups in total. The molecule has 0 fully saturated rings. The highest BCUT2D eigenvalue weighted by Gasteiger charge is 2.20. The molecule has 0 radical (unpaired) electrons. The van der Waals surface area contributed by atoms with Crippen molar-refractivity contribution >= 4 is 16.9 Å². The summed E-state index contributed by atoms with van der Waals surface area (Å²) in [4.78, 5) is 29.0. The van der Waals surface area contributed by atoms with Gasteiger partial charge in [0.1, 0.15) is 0 Å². The minimum Gasteiger partial charge on any atom is -0.311 e. The molecule has 112 valence electrons. The summed E-state index contributed by atoms with van der Waals surface area (Å²) in [6.45, 7) is 6.22. The summed E-state index contributed by atoms with van der Waals surface area (Å²) in [5, 5.41) is 0. The summed E-state index contributed by atoms with van der Waals surface area (Å²) in [6.07, 6.45) is 2.87. The number of rotatable bonds is 2. The predicted molar refractivity (Wildman–Crippen MR) is 80.9 cm³/mol. The van der Waals surface area contributed by atoms with Crippen LogP contribution in [0.2, 0.25) is 0 Å². The molecule has 3 aromatic rings. The van der Waals surface area contributed by atoms with Crippen molar-refractivity contribution < 1.29 is 0 Å². The Morgan fingerprint density at radius 3 is 2.52 bits per heavy atom. The Kier molecular flexibility index (Phi) is 2.82. The molecule has 3 aromatic heterocycles. The largest absolute Gasteiger partial charge is 0.332 e. The molecule has 0 aliphatic carbocycles. The fourth-order valence-corrected chi connectivity index (χ4v) is 2.83. The molecule has 0 aromatic carbocycles. The van der Waals surface area contributed by atoms with Gasteiger partial charge in [0.05, 0.1) is 0 Å². The van der Waals surface area contributed by atoms with Crippen LogP contribution in [0, 0.1) is 6.92 Å². The highest BCUT2D eigenvalue weighted by Crippen LogP contribution is 2.21. The third kappa shape index (κ3) is 1.63. The summed E-state index contributed by atoms with van der Waals surface area (Å²) in [7, 11) is 3.12. The lowest BCUT2D eigenvalue weighted by Gasteiger charge is -2.12. The van der Waals surface area contributed by atoms with E-state index in [-0.39, 0.29) is 17.3 Å². The average Bonchev–Trinajstić information content (AvgIpc) is 2.96. The molecule has 3 heterocycles. The van der Waals surface area contributed by atoms with Crippen molar-refractivity contribution in [2.75, 3.05) is 0 Å². The van der Waals surface area contributed by atoms with Crippen molar-refractivity contribution in [2.24, 2.45) is 14.1 Å². The van der Waals surface area contributed by atoms with Gasteiger partial charge in [0.25, 0.3) is 5.56 Å². The summed E-state index contributed by atoms with van der Waals surface area (Å²) in [5.41, 5.74) is 1.24. The second kappa shape index (κ2) is 4.34. The molecular formula is C14H19N5O2. The van der Waals surface area contributed by atoms with Crippen LogP contribution in [-0.2, 0) is 14.1 Å². The lowest BCUT2D eigenvalue weighted by Crippen LogP contribution is -2.37. The van der Waals surface area contributed by atoms with E-state index >= 15 is 0 Å². The zero-order valence-corrected chi connectivity index (χ0v) is 12.9. The third-order valence-corrected chi connectivity index (χ3v) is 4.22. The molecule has 0 saturated heterocycles. The predicted octanol–water partition coefficient (Wildman–Crippen LogP) is 0.966. The molecule has 1 unspecified atom stereocenters. The highest BCUT2D eigenvalue weighted by molar-refractivity contribution is 5.75. The minimum absolute atomic E-state index is 0.278. The summed E-state index contributed by atoms with van der Waals surface area (Å²) in [5.74, 6) is 0.704. The molecule has 0 aliphatic heterocycles. The van der Waals surface area contributed by atoms with Gasteiger partial charge in [0.2, 0.25) is 5.78 Å². The van der Waals surface area contributed by atoms with Crippen molar-refractivity contribution in [3.63, 3.8) is 0 Å². The molecule has 0 amide bonds. The van der Waals surface area contributed by atoms with Crippen molar-refractivity contribution in [1.82, 2.24) is 23.1 Å². The zero-order valence-electron chi connectivity index (χ0n) is 12.9. The molecule has 0 bridgehead atoms. The van der Waals surface area contributed by atoms with E-state index in [1.807, 2.05) is 13.1 Å². The smallest absolute Gasteiger partial charge is 0.311 e. The van der Waals surface area contributed by atoms with Gasteiger partial charge >= 0.3 is 5.69 Å². The molecule has 7 heteroatoms.